The molecule has 0 heterocycles. The summed E-state index contributed by atoms with van der Waals surface area (Å²) in [5, 5.41) is 0. The zero-order valence-corrected chi connectivity index (χ0v) is 14.6. The third kappa shape index (κ3) is 3.74. The van der Waals surface area contributed by atoms with E-state index >= 15 is 0 Å². The highest BCUT2D eigenvalue weighted by atomic mass is 32.2. The van der Waals surface area contributed by atoms with Crippen LogP contribution in [0.2, 0.25) is 0 Å². The number of rotatable bonds is 5. The molecule has 0 aliphatic heterocycles. The van der Waals surface area contributed by atoms with Crippen molar-refractivity contribution >= 4 is 33.2 Å². The highest BCUT2D eigenvalue weighted by Gasteiger charge is 2.25. The second kappa shape index (κ2) is 6.74. The van der Waals surface area contributed by atoms with Gasteiger partial charge in [-0.25, -0.2) is 8.42 Å². The Bertz CT molecular complexity index is 834. The first-order valence-electron chi connectivity index (χ1n) is 6.76. The molecule has 1 unspecified atom stereocenters. The van der Waals surface area contributed by atoms with Crippen molar-refractivity contribution in [1.82, 2.24) is 0 Å². The van der Waals surface area contributed by atoms with Gasteiger partial charge in [0.2, 0.25) is 0 Å². The summed E-state index contributed by atoms with van der Waals surface area (Å²) in [6, 6.07) is 11.4. The third-order valence-corrected chi connectivity index (χ3v) is 5.97. The molecular weight excluding hydrogens is 334 g/mol. The first-order valence-corrected chi connectivity index (χ1v) is 9.76. The molecule has 5 nitrogen and oxygen atoms in total. The van der Waals surface area contributed by atoms with Gasteiger partial charge in [0, 0.05) is 12.3 Å². The SMILES string of the molecule is Cc1ccccc1N(C)[S+]([O-])c1cc(S(C)(=O)=O)ccc1C=O. The summed E-state index contributed by atoms with van der Waals surface area (Å²) >= 11 is -1.71. The largest absolute Gasteiger partial charge is 0.588 e. The van der Waals surface area contributed by atoms with Crippen LogP contribution in [0.15, 0.2) is 52.3 Å². The van der Waals surface area contributed by atoms with E-state index in [1.165, 1.54) is 22.5 Å². The number of nitrogens with zero attached hydrogens (tertiary/aromatic N) is 1. The Morgan fingerprint density at radius 3 is 2.39 bits per heavy atom. The minimum absolute atomic E-state index is 0.0321. The van der Waals surface area contributed by atoms with E-state index in [0.29, 0.717) is 6.29 Å². The van der Waals surface area contributed by atoms with Crippen LogP contribution in [-0.4, -0.2) is 32.6 Å². The number of benzene rings is 2. The van der Waals surface area contributed by atoms with Gasteiger partial charge < -0.3 is 4.55 Å². The van der Waals surface area contributed by atoms with Gasteiger partial charge in [-0.2, -0.15) is 4.31 Å². The quantitative estimate of drug-likeness (QED) is 0.610. The Balaban J connectivity index is 2.51. The number of hydrogen-bond acceptors (Lipinski definition) is 5. The molecule has 2 rings (SSSR count). The van der Waals surface area contributed by atoms with Gasteiger partial charge >= 0.3 is 0 Å². The molecule has 0 bridgehead atoms. The van der Waals surface area contributed by atoms with Gasteiger partial charge in [-0.1, -0.05) is 18.2 Å². The van der Waals surface area contributed by atoms with Crippen LogP contribution in [0.3, 0.4) is 0 Å². The summed E-state index contributed by atoms with van der Waals surface area (Å²) in [5.41, 5.74) is 1.87. The molecule has 0 spiro atoms. The summed E-state index contributed by atoms with van der Waals surface area (Å²) < 4.78 is 37.8. The summed E-state index contributed by atoms with van der Waals surface area (Å²) in [6.45, 7) is 1.89. The van der Waals surface area contributed by atoms with Crippen molar-refractivity contribution in [3.63, 3.8) is 0 Å². The summed E-state index contributed by atoms with van der Waals surface area (Å²) in [6.07, 6.45) is 1.64. The van der Waals surface area contributed by atoms with Gasteiger partial charge in [-0.3, -0.25) is 4.79 Å². The lowest BCUT2D eigenvalue weighted by Gasteiger charge is -2.24. The van der Waals surface area contributed by atoms with Crippen LogP contribution in [0.4, 0.5) is 5.69 Å². The first-order chi connectivity index (χ1) is 10.8. The van der Waals surface area contributed by atoms with E-state index in [9.17, 15) is 17.8 Å². The molecule has 122 valence electrons. The number of anilines is 1. The molecule has 0 aliphatic rings. The maximum absolute atomic E-state index is 12.8. The molecule has 0 radical (unpaired) electrons. The van der Waals surface area contributed by atoms with E-state index in [-0.39, 0.29) is 15.4 Å². The molecule has 2 aromatic carbocycles. The van der Waals surface area contributed by atoms with Crippen LogP contribution in [0.5, 0.6) is 0 Å². The standard InChI is InChI=1S/C16H17NO4S2/c1-12-6-4-5-7-15(12)17(2)22(19)16-10-14(23(3,20)21)9-8-13(16)11-18/h4-11H,1-3H3. The lowest BCUT2D eigenvalue weighted by Crippen LogP contribution is -2.28. The number of aryl methyl sites for hydroxylation is 1. The maximum atomic E-state index is 12.8. The Hall–Kier alpha value is -1.83. The van der Waals surface area contributed by atoms with Crippen molar-refractivity contribution in [2.45, 2.75) is 16.7 Å². The van der Waals surface area contributed by atoms with Crippen molar-refractivity contribution in [1.29, 1.82) is 0 Å². The third-order valence-electron chi connectivity index (χ3n) is 3.43. The first kappa shape index (κ1) is 17.5. The second-order valence-corrected chi connectivity index (χ2v) is 8.62. The molecule has 0 saturated carbocycles. The molecule has 0 aliphatic carbocycles. The van der Waals surface area contributed by atoms with Crippen molar-refractivity contribution in [3.05, 3.63) is 53.6 Å². The number of carbonyl (C=O) groups excluding carboxylic acids is 1. The van der Waals surface area contributed by atoms with Gasteiger partial charge in [-0.05, 0) is 30.7 Å². The average molecular weight is 351 g/mol. The Morgan fingerprint density at radius 1 is 1.17 bits per heavy atom. The zero-order valence-electron chi connectivity index (χ0n) is 13.0. The monoisotopic (exact) mass is 351 g/mol. The van der Waals surface area contributed by atoms with E-state index in [1.54, 1.807) is 7.05 Å². The molecule has 0 saturated heterocycles. The van der Waals surface area contributed by atoms with E-state index in [1.807, 2.05) is 31.2 Å². The Labute approximate surface area is 139 Å². The lowest BCUT2D eigenvalue weighted by atomic mass is 10.2. The number of hydrogen-bond donors (Lipinski definition) is 0. The molecule has 23 heavy (non-hydrogen) atoms. The average Bonchev–Trinajstić information content (AvgIpc) is 2.52. The molecule has 0 fully saturated rings. The van der Waals surface area contributed by atoms with Crippen LogP contribution in [-0.2, 0) is 21.2 Å². The fourth-order valence-electron chi connectivity index (χ4n) is 2.15. The van der Waals surface area contributed by atoms with Crippen LogP contribution in [0.1, 0.15) is 15.9 Å². The van der Waals surface area contributed by atoms with Crippen molar-refractivity contribution in [2.75, 3.05) is 17.6 Å². The molecule has 7 heteroatoms. The Morgan fingerprint density at radius 2 is 1.83 bits per heavy atom. The van der Waals surface area contributed by atoms with Gasteiger partial charge in [0.25, 0.3) is 0 Å². The topological polar surface area (TPSA) is 77.5 Å². The normalized spacial score (nSPS) is 12.7. The molecule has 2 aromatic rings. The van der Waals surface area contributed by atoms with Crippen molar-refractivity contribution in [2.24, 2.45) is 0 Å². The fraction of sp³-hybridized carbons (Fsp3) is 0.188. The number of sulfone groups is 1. The summed E-state index contributed by atoms with van der Waals surface area (Å²) in [7, 11) is -1.81. The van der Waals surface area contributed by atoms with Crippen LogP contribution < -0.4 is 4.31 Å². The minimum atomic E-state index is -3.45. The fourth-order valence-corrected chi connectivity index (χ4v) is 4.09. The van der Waals surface area contributed by atoms with Crippen LogP contribution in [0.25, 0.3) is 0 Å². The minimum Gasteiger partial charge on any atom is -0.588 e. The molecule has 1 atom stereocenters. The second-order valence-electron chi connectivity index (χ2n) is 5.12. The Kier molecular flexibility index (Phi) is 5.13. The van der Waals surface area contributed by atoms with Crippen molar-refractivity contribution in [3.8, 4) is 0 Å². The molecule has 0 amide bonds. The van der Waals surface area contributed by atoms with Gasteiger partial charge in [0.15, 0.2) is 21.0 Å². The van der Waals surface area contributed by atoms with Gasteiger partial charge in [0.1, 0.15) is 11.4 Å². The van der Waals surface area contributed by atoms with Gasteiger partial charge in [-0.15, -0.1) is 0 Å². The zero-order chi connectivity index (χ0) is 17.2. The smallest absolute Gasteiger partial charge is 0.191 e. The highest BCUT2D eigenvalue weighted by molar-refractivity contribution is 7.93. The van der Waals surface area contributed by atoms with E-state index < -0.39 is 21.2 Å². The van der Waals surface area contributed by atoms with Crippen LogP contribution in [0, 0.1) is 6.92 Å². The summed E-state index contributed by atoms with van der Waals surface area (Å²) in [5.74, 6) is 0. The number of para-hydroxylation sites is 1. The van der Waals surface area contributed by atoms with Crippen LogP contribution >= 0.6 is 0 Å². The summed E-state index contributed by atoms with van der Waals surface area (Å²) in [4.78, 5) is 11.4. The molecule has 0 aromatic heterocycles. The predicted molar refractivity (Wildman–Crippen MR) is 90.9 cm³/mol. The maximum Gasteiger partial charge on any atom is 0.191 e. The van der Waals surface area contributed by atoms with E-state index in [4.69, 9.17) is 0 Å². The molecular formula is C16H17NO4S2. The van der Waals surface area contributed by atoms with Crippen molar-refractivity contribution < 1.29 is 17.8 Å². The lowest BCUT2D eigenvalue weighted by molar-refractivity contribution is 0.112. The van der Waals surface area contributed by atoms with Gasteiger partial charge in [0.05, 0.1) is 23.2 Å². The highest BCUT2D eigenvalue weighted by Crippen LogP contribution is 2.28. The number of aldehydes is 1. The molecule has 0 N–H and O–H groups in total. The number of carbonyl (C=O) groups is 1. The van der Waals surface area contributed by atoms with E-state index in [2.05, 4.69) is 0 Å². The predicted octanol–water partition coefficient (Wildman–Crippen LogP) is 2.37. The van der Waals surface area contributed by atoms with E-state index in [0.717, 1.165) is 17.5 Å².